The van der Waals surface area contributed by atoms with Crippen molar-refractivity contribution in [1.29, 1.82) is 5.26 Å². The molecule has 2 heteroatoms. The summed E-state index contributed by atoms with van der Waals surface area (Å²) >= 11 is 0. The Hall–Kier alpha value is -2.27. The van der Waals surface area contributed by atoms with Crippen molar-refractivity contribution < 1.29 is 0 Å². The van der Waals surface area contributed by atoms with E-state index in [9.17, 15) is 0 Å². The number of nitriles is 1. The Morgan fingerprint density at radius 1 is 1.00 bits per heavy atom. The third-order valence-corrected chi connectivity index (χ3v) is 3.15. The number of rotatable bonds is 3. The minimum atomic E-state index is 0.684. The van der Waals surface area contributed by atoms with Gasteiger partial charge < -0.3 is 5.32 Å². The molecule has 2 nitrogen and oxygen atoms in total. The Balaban J connectivity index is 2.20. The van der Waals surface area contributed by atoms with E-state index >= 15 is 0 Å². The van der Waals surface area contributed by atoms with E-state index in [1.54, 1.807) is 0 Å². The Bertz CT molecular complexity index is 574. The average Bonchev–Trinajstić information content (AvgIpc) is 2.38. The zero-order valence-electron chi connectivity index (χ0n) is 10.7. The van der Waals surface area contributed by atoms with E-state index in [-0.39, 0.29) is 0 Å². The van der Waals surface area contributed by atoms with Gasteiger partial charge in [0.05, 0.1) is 11.3 Å². The maximum Gasteiger partial charge on any atom is 0.101 e. The van der Waals surface area contributed by atoms with Gasteiger partial charge in [-0.1, -0.05) is 30.3 Å². The second-order valence-corrected chi connectivity index (χ2v) is 4.38. The molecule has 0 unspecified atom stereocenters. The number of anilines is 1. The second kappa shape index (κ2) is 5.37. The quantitative estimate of drug-likeness (QED) is 0.880. The van der Waals surface area contributed by atoms with Crippen LogP contribution in [0.15, 0.2) is 42.5 Å². The predicted octanol–water partition coefficient (Wildman–Crippen LogP) is 3.79. The Morgan fingerprint density at radius 3 is 2.33 bits per heavy atom. The first-order valence-electron chi connectivity index (χ1n) is 6.00. The Labute approximate surface area is 108 Å². The number of hydrogen-bond acceptors (Lipinski definition) is 2. The Morgan fingerprint density at radius 2 is 1.67 bits per heavy atom. The first kappa shape index (κ1) is 12.2. The minimum absolute atomic E-state index is 0.684. The molecule has 2 rings (SSSR count). The third-order valence-electron chi connectivity index (χ3n) is 3.15. The van der Waals surface area contributed by atoms with E-state index in [0.717, 1.165) is 12.2 Å². The molecule has 90 valence electrons. The van der Waals surface area contributed by atoms with E-state index in [0.29, 0.717) is 5.56 Å². The van der Waals surface area contributed by atoms with Crippen molar-refractivity contribution in [2.24, 2.45) is 0 Å². The monoisotopic (exact) mass is 236 g/mol. The molecule has 0 heterocycles. The first-order chi connectivity index (χ1) is 8.72. The highest BCUT2D eigenvalue weighted by Crippen LogP contribution is 2.18. The molecular formula is C16H16N2. The molecule has 0 amide bonds. The van der Waals surface area contributed by atoms with Crippen LogP contribution in [0.25, 0.3) is 0 Å². The summed E-state index contributed by atoms with van der Waals surface area (Å²) in [5, 5.41) is 12.4. The van der Waals surface area contributed by atoms with Crippen LogP contribution in [-0.2, 0) is 6.54 Å². The van der Waals surface area contributed by atoms with Crippen LogP contribution in [0.4, 0.5) is 5.69 Å². The van der Waals surface area contributed by atoms with Crippen molar-refractivity contribution in [1.82, 2.24) is 0 Å². The molecule has 1 N–H and O–H groups in total. The highest BCUT2D eigenvalue weighted by molar-refractivity contribution is 5.57. The van der Waals surface area contributed by atoms with Crippen molar-refractivity contribution >= 4 is 5.69 Å². The van der Waals surface area contributed by atoms with Crippen LogP contribution in [-0.4, -0.2) is 0 Å². The van der Waals surface area contributed by atoms with E-state index in [2.05, 4.69) is 43.4 Å². The van der Waals surface area contributed by atoms with Crippen LogP contribution in [0.1, 0.15) is 22.3 Å². The zero-order valence-corrected chi connectivity index (χ0v) is 10.7. The molecule has 0 aromatic heterocycles. The molecule has 2 aromatic carbocycles. The van der Waals surface area contributed by atoms with Crippen molar-refractivity contribution in [3.8, 4) is 6.07 Å². The van der Waals surface area contributed by atoms with Gasteiger partial charge in [-0.15, -0.1) is 0 Å². The lowest BCUT2D eigenvalue weighted by atomic mass is 10.0. The maximum atomic E-state index is 9.03. The van der Waals surface area contributed by atoms with E-state index in [4.69, 9.17) is 5.26 Å². The summed E-state index contributed by atoms with van der Waals surface area (Å²) < 4.78 is 0. The van der Waals surface area contributed by atoms with Crippen LogP contribution < -0.4 is 5.32 Å². The highest BCUT2D eigenvalue weighted by Gasteiger charge is 2.04. The van der Waals surface area contributed by atoms with E-state index in [1.165, 1.54) is 16.7 Å². The van der Waals surface area contributed by atoms with E-state index in [1.807, 2.05) is 24.3 Å². The molecule has 0 bridgehead atoms. The first-order valence-corrected chi connectivity index (χ1v) is 6.00. The van der Waals surface area contributed by atoms with Gasteiger partial charge in [-0.2, -0.15) is 5.26 Å². The largest absolute Gasteiger partial charge is 0.380 e. The standard InChI is InChI=1S/C16H16N2/c1-12-6-5-7-13(2)15(12)11-18-16-9-4-3-8-14(16)10-17/h3-9,18H,11H2,1-2H3. The van der Waals surface area contributed by atoms with Crippen LogP contribution in [0.2, 0.25) is 0 Å². The summed E-state index contributed by atoms with van der Waals surface area (Å²) in [5.41, 5.74) is 5.42. The zero-order chi connectivity index (χ0) is 13.0. The average molecular weight is 236 g/mol. The summed E-state index contributed by atoms with van der Waals surface area (Å²) in [5.74, 6) is 0. The fourth-order valence-corrected chi connectivity index (χ4v) is 2.05. The summed E-state index contributed by atoms with van der Waals surface area (Å²) in [4.78, 5) is 0. The number of aryl methyl sites for hydroxylation is 2. The van der Waals surface area contributed by atoms with Crippen LogP contribution in [0.3, 0.4) is 0 Å². The molecule has 0 aliphatic heterocycles. The second-order valence-electron chi connectivity index (χ2n) is 4.38. The van der Waals surface area contributed by atoms with Gasteiger partial charge >= 0.3 is 0 Å². The molecule has 0 spiro atoms. The normalized spacial score (nSPS) is 9.83. The molecular weight excluding hydrogens is 220 g/mol. The van der Waals surface area contributed by atoms with Gasteiger partial charge in [0.2, 0.25) is 0 Å². The lowest BCUT2D eigenvalue weighted by Crippen LogP contribution is -2.04. The molecule has 0 fully saturated rings. The van der Waals surface area contributed by atoms with Crippen molar-refractivity contribution in [3.63, 3.8) is 0 Å². The fourth-order valence-electron chi connectivity index (χ4n) is 2.05. The van der Waals surface area contributed by atoms with Crippen LogP contribution >= 0.6 is 0 Å². The predicted molar refractivity (Wildman–Crippen MR) is 74.4 cm³/mol. The van der Waals surface area contributed by atoms with Crippen LogP contribution in [0.5, 0.6) is 0 Å². The molecule has 0 saturated carbocycles. The molecule has 18 heavy (non-hydrogen) atoms. The SMILES string of the molecule is Cc1cccc(C)c1CNc1ccccc1C#N. The molecule has 0 radical (unpaired) electrons. The molecule has 0 aliphatic rings. The van der Waals surface area contributed by atoms with Crippen molar-refractivity contribution in [3.05, 3.63) is 64.7 Å². The fraction of sp³-hybridized carbons (Fsp3) is 0.188. The lowest BCUT2D eigenvalue weighted by Gasteiger charge is -2.12. The van der Waals surface area contributed by atoms with Gasteiger partial charge in [-0.05, 0) is 42.7 Å². The topological polar surface area (TPSA) is 35.8 Å². The number of nitrogens with one attached hydrogen (secondary N) is 1. The van der Waals surface area contributed by atoms with Crippen molar-refractivity contribution in [2.45, 2.75) is 20.4 Å². The third kappa shape index (κ3) is 2.52. The summed E-state index contributed by atoms with van der Waals surface area (Å²) in [6.45, 7) is 4.97. The van der Waals surface area contributed by atoms with Gasteiger partial charge in [0.1, 0.15) is 6.07 Å². The van der Waals surface area contributed by atoms with E-state index < -0.39 is 0 Å². The number of benzene rings is 2. The molecule has 0 saturated heterocycles. The highest BCUT2D eigenvalue weighted by atomic mass is 14.9. The number of nitrogens with zero attached hydrogens (tertiary/aromatic N) is 1. The molecule has 2 aromatic rings. The number of para-hydroxylation sites is 1. The summed E-state index contributed by atoms with van der Waals surface area (Å²) in [6.07, 6.45) is 0. The van der Waals surface area contributed by atoms with Gasteiger partial charge in [0.15, 0.2) is 0 Å². The summed E-state index contributed by atoms with van der Waals surface area (Å²) in [7, 11) is 0. The minimum Gasteiger partial charge on any atom is -0.380 e. The maximum absolute atomic E-state index is 9.03. The van der Waals surface area contributed by atoms with Crippen LogP contribution in [0, 0.1) is 25.2 Å². The lowest BCUT2D eigenvalue weighted by molar-refractivity contribution is 1.09. The molecule has 0 aliphatic carbocycles. The van der Waals surface area contributed by atoms with Gasteiger partial charge in [0.25, 0.3) is 0 Å². The van der Waals surface area contributed by atoms with Gasteiger partial charge in [-0.25, -0.2) is 0 Å². The molecule has 0 atom stereocenters. The van der Waals surface area contributed by atoms with Crippen molar-refractivity contribution in [2.75, 3.05) is 5.32 Å². The van der Waals surface area contributed by atoms with Gasteiger partial charge in [0, 0.05) is 6.54 Å². The smallest absolute Gasteiger partial charge is 0.101 e. The van der Waals surface area contributed by atoms with Gasteiger partial charge in [-0.3, -0.25) is 0 Å². The summed E-state index contributed by atoms with van der Waals surface area (Å²) in [6, 6.07) is 16.1. The Kier molecular flexibility index (Phi) is 3.64. The number of hydrogen-bond donors (Lipinski definition) is 1.